The van der Waals surface area contributed by atoms with Gasteiger partial charge in [0, 0.05) is 13.2 Å². The summed E-state index contributed by atoms with van der Waals surface area (Å²) >= 11 is 0. The van der Waals surface area contributed by atoms with Crippen LogP contribution in [-0.2, 0) is 0 Å². The molecule has 2 heteroatoms. The molecule has 1 heterocycles. The minimum atomic E-state index is 0.339. The lowest BCUT2D eigenvalue weighted by molar-refractivity contribution is 0.272. The van der Waals surface area contributed by atoms with Crippen molar-refractivity contribution in [2.45, 2.75) is 38.5 Å². The number of nitrogens with zero attached hydrogens (tertiary/aromatic N) is 1. The van der Waals surface area contributed by atoms with E-state index >= 15 is 0 Å². The fourth-order valence-corrected chi connectivity index (χ4v) is 2.96. The largest absolute Gasteiger partial charge is 0.396 e. The first-order chi connectivity index (χ1) is 8.81. The highest BCUT2D eigenvalue weighted by Crippen LogP contribution is 2.29. The Morgan fingerprint density at radius 1 is 1.22 bits per heavy atom. The van der Waals surface area contributed by atoms with Crippen molar-refractivity contribution in [1.29, 1.82) is 0 Å². The van der Waals surface area contributed by atoms with Gasteiger partial charge in [-0.2, -0.15) is 0 Å². The molecule has 1 saturated heterocycles. The van der Waals surface area contributed by atoms with E-state index in [2.05, 4.69) is 36.1 Å². The second-order valence-corrected chi connectivity index (χ2v) is 5.43. The van der Waals surface area contributed by atoms with E-state index in [0.717, 1.165) is 18.8 Å². The Bertz CT molecular complexity index is 364. The summed E-state index contributed by atoms with van der Waals surface area (Å²) in [6.07, 6.45) is 4.63. The number of hydrogen-bond donors (Lipinski definition) is 1. The molecule has 0 unspecified atom stereocenters. The Balaban J connectivity index is 1.80. The van der Waals surface area contributed by atoms with E-state index in [0.29, 0.717) is 6.61 Å². The number of aryl methyl sites for hydroxylation is 1. The number of aliphatic hydroxyl groups excluding tert-OH is 1. The maximum atomic E-state index is 8.77. The van der Waals surface area contributed by atoms with Crippen molar-refractivity contribution in [2.24, 2.45) is 0 Å². The smallest absolute Gasteiger partial charge is 0.0431 e. The number of likely N-dealkylation sites (tertiary alicyclic amines) is 1. The van der Waals surface area contributed by atoms with Crippen LogP contribution in [0, 0.1) is 6.92 Å². The van der Waals surface area contributed by atoms with Crippen LogP contribution in [0.1, 0.15) is 42.7 Å². The van der Waals surface area contributed by atoms with Crippen LogP contribution in [-0.4, -0.2) is 36.2 Å². The van der Waals surface area contributed by atoms with Gasteiger partial charge in [0.2, 0.25) is 0 Å². The van der Waals surface area contributed by atoms with Gasteiger partial charge in [-0.1, -0.05) is 24.3 Å². The number of unbranched alkanes of at least 4 members (excludes halogenated alkanes) is 2. The van der Waals surface area contributed by atoms with Crippen LogP contribution in [0.4, 0.5) is 0 Å². The van der Waals surface area contributed by atoms with E-state index in [-0.39, 0.29) is 0 Å². The summed E-state index contributed by atoms with van der Waals surface area (Å²) in [5.74, 6) is 0.726. The van der Waals surface area contributed by atoms with Crippen LogP contribution in [0.25, 0.3) is 0 Å². The summed E-state index contributed by atoms with van der Waals surface area (Å²) in [6.45, 7) is 6.20. The predicted octanol–water partition coefficient (Wildman–Crippen LogP) is 2.95. The lowest BCUT2D eigenvalue weighted by Gasteiger charge is -2.17. The average molecular weight is 247 g/mol. The summed E-state index contributed by atoms with van der Waals surface area (Å²) in [5, 5.41) is 8.77. The molecular formula is C16H25NO. The van der Waals surface area contributed by atoms with E-state index in [4.69, 9.17) is 5.11 Å². The monoisotopic (exact) mass is 247 g/mol. The van der Waals surface area contributed by atoms with Crippen molar-refractivity contribution < 1.29 is 5.11 Å². The molecule has 1 fully saturated rings. The Labute approximate surface area is 111 Å². The third kappa shape index (κ3) is 3.56. The molecule has 0 bridgehead atoms. The van der Waals surface area contributed by atoms with Gasteiger partial charge in [0.05, 0.1) is 0 Å². The zero-order valence-electron chi connectivity index (χ0n) is 11.4. The Morgan fingerprint density at radius 2 is 2.06 bits per heavy atom. The maximum Gasteiger partial charge on any atom is 0.0431 e. The molecule has 2 nitrogen and oxygen atoms in total. The fourth-order valence-electron chi connectivity index (χ4n) is 2.96. The number of benzene rings is 1. The number of hydrogen-bond acceptors (Lipinski definition) is 2. The molecule has 1 aliphatic rings. The zero-order chi connectivity index (χ0) is 12.8. The molecule has 18 heavy (non-hydrogen) atoms. The lowest BCUT2D eigenvalue weighted by atomic mass is 9.94. The second-order valence-electron chi connectivity index (χ2n) is 5.43. The van der Waals surface area contributed by atoms with Crippen molar-refractivity contribution in [2.75, 3.05) is 26.2 Å². The highest BCUT2D eigenvalue weighted by molar-refractivity contribution is 5.30. The van der Waals surface area contributed by atoms with Gasteiger partial charge in [0.15, 0.2) is 0 Å². The lowest BCUT2D eigenvalue weighted by Crippen LogP contribution is -2.21. The first-order valence-corrected chi connectivity index (χ1v) is 7.20. The van der Waals surface area contributed by atoms with Gasteiger partial charge in [0.1, 0.15) is 0 Å². The van der Waals surface area contributed by atoms with Crippen molar-refractivity contribution in [3.63, 3.8) is 0 Å². The van der Waals surface area contributed by atoms with E-state index < -0.39 is 0 Å². The molecule has 100 valence electrons. The molecule has 1 atom stereocenters. The number of rotatable bonds is 6. The minimum Gasteiger partial charge on any atom is -0.396 e. The van der Waals surface area contributed by atoms with Gasteiger partial charge >= 0.3 is 0 Å². The quantitative estimate of drug-likeness (QED) is 0.781. The third-order valence-corrected chi connectivity index (χ3v) is 4.03. The summed E-state index contributed by atoms with van der Waals surface area (Å²) in [5.41, 5.74) is 2.97. The predicted molar refractivity (Wildman–Crippen MR) is 75.9 cm³/mol. The molecular weight excluding hydrogens is 222 g/mol. The summed E-state index contributed by atoms with van der Waals surface area (Å²) < 4.78 is 0. The summed E-state index contributed by atoms with van der Waals surface area (Å²) in [6, 6.07) is 8.79. The van der Waals surface area contributed by atoms with Crippen LogP contribution in [0.15, 0.2) is 24.3 Å². The molecule has 2 rings (SSSR count). The van der Waals surface area contributed by atoms with Gasteiger partial charge in [-0.15, -0.1) is 0 Å². The van der Waals surface area contributed by atoms with Crippen molar-refractivity contribution in [3.05, 3.63) is 35.4 Å². The van der Waals surface area contributed by atoms with Crippen LogP contribution < -0.4 is 0 Å². The van der Waals surface area contributed by atoms with E-state index in [1.54, 1.807) is 0 Å². The maximum absolute atomic E-state index is 8.77. The highest BCUT2D eigenvalue weighted by atomic mass is 16.2. The van der Waals surface area contributed by atoms with Crippen molar-refractivity contribution in [3.8, 4) is 0 Å². The van der Waals surface area contributed by atoms with Crippen LogP contribution in [0.3, 0.4) is 0 Å². The Morgan fingerprint density at radius 3 is 2.83 bits per heavy atom. The molecule has 0 amide bonds. The van der Waals surface area contributed by atoms with E-state index in [9.17, 15) is 0 Å². The first kappa shape index (κ1) is 13.6. The Hall–Kier alpha value is -0.860. The minimum absolute atomic E-state index is 0.339. The van der Waals surface area contributed by atoms with Gasteiger partial charge in [-0.3, -0.25) is 0 Å². The third-order valence-electron chi connectivity index (χ3n) is 4.03. The highest BCUT2D eigenvalue weighted by Gasteiger charge is 2.23. The van der Waals surface area contributed by atoms with Crippen LogP contribution in [0.2, 0.25) is 0 Å². The average Bonchev–Trinajstić information content (AvgIpc) is 2.84. The van der Waals surface area contributed by atoms with E-state index in [1.807, 2.05) is 0 Å². The van der Waals surface area contributed by atoms with Crippen molar-refractivity contribution in [1.82, 2.24) is 4.90 Å². The standard InChI is InChI=1S/C16H25NO/c1-14-7-3-4-8-16(14)15-9-11-17(13-15)10-5-2-6-12-18/h3-4,7-8,15,18H,2,5-6,9-13H2,1H3/t15-/m1/s1. The normalized spacial score (nSPS) is 20.4. The van der Waals surface area contributed by atoms with Gasteiger partial charge in [0.25, 0.3) is 0 Å². The second kappa shape index (κ2) is 6.91. The van der Waals surface area contributed by atoms with Gasteiger partial charge in [-0.25, -0.2) is 0 Å². The molecule has 1 aromatic rings. The molecule has 0 spiro atoms. The SMILES string of the molecule is Cc1ccccc1[C@@H]1CCN(CCCCCO)C1. The van der Waals surface area contributed by atoms with Gasteiger partial charge in [-0.05, 0) is 62.7 Å². The van der Waals surface area contributed by atoms with E-state index in [1.165, 1.54) is 43.6 Å². The van der Waals surface area contributed by atoms with Crippen LogP contribution >= 0.6 is 0 Å². The molecule has 1 aliphatic heterocycles. The molecule has 0 aliphatic carbocycles. The molecule has 0 radical (unpaired) electrons. The van der Waals surface area contributed by atoms with Crippen molar-refractivity contribution >= 4 is 0 Å². The topological polar surface area (TPSA) is 23.5 Å². The van der Waals surface area contributed by atoms with Gasteiger partial charge < -0.3 is 10.0 Å². The molecule has 1 N–H and O–H groups in total. The summed E-state index contributed by atoms with van der Waals surface area (Å²) in [7, 11) is 0. The first-order valence-electron chi connectivity index (χ1n) is 7.20. The molecule has 1 aromatic carbocycles. The Kier molecular flexibility index (Phi) is 5.21. The number of aliphatic hydroxyl groups is 1. The zero-order valence-corrected chi connectivity index (χ0v) is 11.4. The fraction of sp³-hybridized carbons (Fsp3) is 0.625. The summed E-state index contributed by atoms with van der Waals surface area (Å²) in [4.78, 5) is 2.58. The molecule has 0 aromatic heterocycles. The molecule has 0 saturated carbocycles. The van der Waals surface area contributed by atoms with Crippen LogP contribution in [0.5, 0.6) is 0 Å².